The molecule has 0 radical (unpaired) electrons. The summed E-state index contributed by atoms with van der Waals surface area (Å²) in [5, 5.41) is 8.56. The van der Waals surface area contributed by atoms with E-state index in [2.05, 4.69) is 6.58 Å². The van der Waals surface area contributed by atoms with Gasteiger partial charge in [0, 0.05) is 12.5 Å². The third-order valence-corrected chi connectivity index (χ3v) is 2.73. The van der Waals surface area contributed by atoms with Crippen molar-refractivity contribution in [1.29, 1.82) is 0 Å². The van der Waals surface area contributed by atoms with E-state index >= 15 is 0 Å². The largest absolute Gasteiger partial charge is 0.485 e. The molecule has 0 fully saturated rings. The van der Waals surface area contributed by atoms with Crippen molar-refractivity contribution in [2.24, 2.45) is 0 Å². The zero-order valence-electron chi connectivity index (χ0n) is 9.64. The summed E-state index contributed by atoms with van der Waals surface area (Å²) in [6.07, 6.45) is 3.56. The molecule has 0 bridgehead atoms. The minimum absolute atomic E-state index is 0.0451. The van der Waals surface area contributed by atoms with Crippen LogP contribution in [0, 0.1) is 0 Å². The monoisotopic (exact) mass is 230 g/mol. The molecular weight excluding hydrogens is 216 g/mol. The van der Waals surface area contributed by atoms with Gasteiger partial charge in [-0.1, -0.05) is 12.6 Å². The van der Waals surface area contributed by atoms with Crippen molar-refractivity contribution >= 4 is 12.0 Å². The standard InChI is InChI=1S/C14H14O3/c1-9(2)13-8-11-7-10(4-6-14(15)16)3-5-12(11)17-13/h3-7,13H,1,8H2,2H3,(H,15,16). The molecule has 1 aromatic rings. The van der Waals surface area contributed by atoms with Gasteiger partial charge in [0.2, 0.25) is 0 Å². The molecule has 1 atom stereocenters. The van der Waals surface area contributed by atoms with Gasteiger partial charge in [0.15, 0.2) is 0 Å². The summed E-state index contributed by atoms with van der Waals surface area (Å²) in [5.74, 6) is -0.0768. The van der Waals surface area contributed by atoms with Crippen LogP contribution < -0.4 is 4.74 Å². The molecule has 3 nitrogen and oxygen atoms in total. The maximum Gasteiger partial charge on any atom is 0.328 e. The number of aliphatic carboxylic acids is 1. The second-order valence-corrected chi connectivity index (χ2v) is 4.20. The fourth-order valence-corrected chi connectivity index (χ4v) is 1.81. The van der Waals surface area contributed by atoms with Crippen molar-refractivity contribution in [3.63, 3.8) is 0 Å². The second kappa shape index (κ2) is 4.45. The number of fused-ring (bicyclic) bond motifs is 1. The Balaban J connectivity index is 2.21. The van der Waals surface area contributed by atoms with Crippen LogP contribution in [0.4, 0.5) is 0 Å². The average molecular weight is 230 g/mol. The van der Waals surface area contributed by atoms with Gasteiger partial charge in [0.25, 0.3) is 0 Å². The van der Waals surface area contributed by atoms with E-state index in [4.69, 9.17) is 9.84 Å². The fraction of sp³-hybridized carbons (Fsp3) is 0.214. The molecule has 0 saturated heterocycles. The minimum atomic E-state index is -0.943. The second-order valence-electron chi connectivity index (χ2n) is 4.20. The van der Waals surface area contributed by atoms with Gasteiger partial charge < -0.3 is 9.84 Å². The molecular formula is C14H14O3. The minimum Gasteiger partial charge on any atom is -0.485 e. The van der Waals surface area contributed by atoms with E-state index in [0.29, 0.717) is 0 Å². The van der Waals surface area contributed by atoms with Gasteiger partial charge in [0.05, 0.1) is 0 Å². The van der Waals surface area contributed by atoms with Crippen LogP contribution in [0.15, 0.2) is 36.4 Å². The summed E-state index contributed by atoms with van der Waals surface area (Å²) in [7, 11) is 0. The molecule has 0 spiro atoms. The number of hydrogen-bond donors (Lipinski definition) is 1. The zero-order valence-corrected chi connectivity index (χ0v) is 9.64. The van der Waals surface area contributed by atoms with E-state index in [9.17, 15) is 4.79 Å². The Morgan fingerprint density at radius 2 is 2.35 bits per heavy atom. The Labute approximate surface area is 100 Å². The molecule has 2 rings (SSSR count). The first kappa shape index (κ1) is 11.5. The first-order valence-electron chi connectivity index (χ1n) is 5.42. The quantitative estimate of drug-likeness (QED) is 0.641. The van der Waals surface area contributed by atoms with Crippen molar-refractivity contribution < 1.29 is 14.6 Å². The van der Waals surface area contributed by atoms with Gasteiger partial charge in [-0.15, -0.1) is 0 Å². The summed E-state index contributed by atoms with van der Waals surface area (Å²) in [4.78, 5) is 10.4. The van der Waals surface area contributed by atoms with Crippen molar-refractivity contribution in [3.8, 4) is 5.75 Å². The van der Waals surface area contributed by atoms with E-state index < -0.39 is 5.97 Å². The topological polar surface area (TPSA) is 46.5 Å². The van der Waals surface area contributed by atoms with Gasteiger partial charge >= 0.3 is 5.97 Å². The highest BCUT2D eigenvalue weighted by Crippen LogP contribution is 2.32. The van der Waals surface area contributed by atoms with Crippen LogP contribution in [0.5, 0.6) is 5.75 Å². The molecule has 1 unspecified atom stereocenters. The van der Waals surface area contributed by atoms with Gasteiger partial charge in [-0.25, -0.2) is 4.79 Å². The summed E-state index contributed by atoms with van der Waals surface area (Å²) in [5.41, 5.74) is 2.98. The van der Waals surface area contributed by atoms with Crippen molar-refractivity contribution in [3.05, 3.63) is 47.6 Å². The lowest BCUT2D eigenvalue weighted by Crippen LogP contribution is -2.13. The lowest BCUT2D eigenvalue weighted by atomic mass is 10.0. The predicted octanol–water partition coefficient (Wildman–Crippen LogP) is 2.66. The molecule has 1 aliphatic heterocycles. The number of carbonyl (C=O) groups is 1. The number of benzene rings is 1. The van der Waals surface area contributed by atoms with E-state index in [-0.39, 0.29) is 6.10 Å². The molecule has 3 heteroatoms. The van der Waals surface area contributed by atoms with Gasteiger partial charge in [-0.2, -0.15) is 0 Å². The smallest absolute Gasteiger partial charge is 0.328 e. The van der Waals surface area contributed by atoms with Gasteiger partial charge in [-0.05, 0) is 41.8 Å². The highest BCUT2D eigenvalue weighted by Gasteiger charge is 2.22. The average Bonchev–Trinajstić information content (AvgIpc) is 2.69. The lowest BCUT2D eigenvalue weighted by Gasteiger charge is -2.08. The van der Waals surface area contributed by atoms with Crippen LogP contribution in [0.3, 0.4) is 0 Å². The highest BCUT2D eigenvalue weighted by atomic mass is 16.5. The number of carboxylic acids is 1. The highest BCUT2D eigenvalue weighted by molar-refractivity contribution is 5.85. The van der Waals surface area contributed by atoms with Crippen molar-refractivity contribution in [2.45, 2.75) is 19.4 Å². The van der Waals surface area contributed by atoms with E-state index in [1.165, 1.54) is 0 Å². The molecule has 1 aromatic carbocycles. The lowest BCUT2D eigenvalue weighted by molar-refractivity contribution is -0.131. The van der Waals surface area contributed by atoms with Crippen LogP contribution in [-0.2, 0) is 11.2 Å². The van der Waals surface area contributed by atoms with Gasteiger partial charge in [-0.3, -0.25) is 0 Å². The Kier molecular flexibility index (Phi) is 3.00. The summed E-state index contributed by atoms with van der Waals surface area (Å²) in [6, 6.07) is 5.68. The Bertz CT molecular complexity index is 500. The van der Waals surface area contributed by atoms with Crippen LogP contribution in [0.25, 0.3) is 6.08 Å². The molecule has 0 saturated carbocycles. The Morgan fingerprint density at radius 3 is 3.00 bits per heavy atom. The first-order valence-corrected chi connectivity index (χ1v) is 5.42. The van der Waals surface area contributed by atoms with E-state index in [1.807, 2.05) is 25.1 Å². The molecule has 0 aromatic heterocycles. The van der Waals surface area contributed by atoms with E-state index in [0.717, 1.165) is 34.9 Å². The maximum atomic E-state index is 10.4. The summed E-state index contributed by atoms with van der Waals surface area (Å²) >= 11 is 0. The fourth-order valence-electron chi connectivity index (χ4n) is 1.81. The van der Waals surface area contributed by atoms with Crippen LogP contribution in [-0.4, -0.2) is 17.2 Å². The van der Waals surface area contributed by atoms with Crippen LogP contribution >= 0.6 is 0 Å². The van der Waals surface area contributed by atoms with Crippen molar-refractivity contribution in [1.82, 2.24) is 0 Å². The summed E-state index contributed by atoms with van der Waals surface area (Å²) in [6.45, 7) is 5.83. The Hall–Kier alpha value is -2.03. The third kappa shape index (κ3) is 2.56. The number of carboxylic acid groups (broad SMARTS) is 1. The zero-order chi connectivity index (χ0) is 12.4. The molecule has 1 N–H and O–H groups in total. The number of ether oxygens (including phenoxy) is 1. The molecule has 0 aliphatic carbocycles. The maximum absolute atomic E-state index is 10.4. The molecule has 88 valence electrons. The predicted molar refractivity (Wildman–Crippen MR) is 66.0 cm³/mol. The molecule has 0 amide bonds. The molecule has 1 aliphatic rings. The molecule has 1 heterocycles. The normalized spacial score (nSPS) is 17.8. The van der Waals surface area contributed by atoms with Crippen LogP contribution in [0.2, 0.25) is 0 Å². The van der Waals surface area contributed by atoms with Gasteiger partial charge in [0.1, 0.15) is 11.9 Å². The number of rotatable bonds is 3. The molecule has 17 heavy (non-hydrogen) atoms. The van der Waals surface area contributed by atoms with Crippen molar-refractivity contribution in [2.75, 3.05) is 0 Å². The Morgan fingerprint density at radius 1 is 1.59 bits per heavy atom. The van der Waals surface area contributed by atoms with E-state index in [1.54, 1.807) is 6.08 Å². The third-order valence-electron chi connectivity index (χ3n) is 2.73. The number of hydrogen-bond acceptors (Lipinski definition) is 2. The summed E-state index contributed by atoms with van der Waals surface area (Å²) < 4.78 is 5.71. The SMILES string of the molecule is C=C(C)C1Cc2cc(C=CC(=O)O)ccc2O1. The van der Waals surface area contributed by atoms with Crippen LogP contribution in [0.1, 0.15) is 18.1 Å². The first-order chi connectivity index (χ1) is 8.06.